The fourth-order valence-electron chi connectivity index (χ4n) is 3.07. The second kappa shape index (κ2) is 7.78. The highest BCUT2D eigenvalue weighted by Crippen LogP contribution is 2.25. The number of nitrogens with one attached hydrogen (secondary N) is 1. The van der Waals surface area contributed by atoms with Gasteiger partial charge in [-0.05, 0) is 42.8 Å². The lowest BCUT2D eigenvalue weighted by Crippen LogP contribution is -2.32. The molecule has 1 atom stereocenters. The van der Waals surface area contributed by atoms with Crippen LogP contribution in [0.4, 0.5) is 0 Å². The summed E-state index contributed by atoms with van der Waals surface area (Å²) in [5.74, 6) is 1.38. The predicted molar refractivity (Wildman–Crippen MR) is 102 cm³/mol. The summed E-state index contributed by atoms with van der Waals surface area (Å²) >= 11 is 1.61. The van der Waals surface area contributed by atoms with Gasteiger partial charge in [0.15, 0.2) is 5.65 Å². The number of rotatable bonds is 7. The second-order valence-electron chi connectivity index (χ2n) is 6.57. The van der Waals surface area contributed by atoms with Crippen LogP contribution >= 0.6 is 11.3 Å². The van der Waals surface area contributed by atoms with Gasteiger partial charge in [0.2, 0.25) is 5.91 Å². The molecule has 0 saturated carbocycles. The van der Waals surface area contributed by atoms with E-state index < -0.39 is 0 Å². The van der Waals surface area contributed by atoms with Gasteiger partial charge in [-0.1, -0.05) is 19.9 Å². The van der Waals surface area contributed by atoms with Crippen LogP contribution in [0, 0.1) is 5.92 Å². The van der Waals surface area contributed by atoms with E-state index in [1.165, 1.54) is 0 Å². The van der Waals surface area contributed by atoms with E-state index in [1.807, 2.05) is 29.6 Å². The van der Waals surface area contributed by atoms with E-state index in [1.54, 1.807) is 17.5 Å². The molecular weight excluding hydrogens is 332 g/mol. The maximum atomic E-state index is 12.5. The highest BCUT2D eigenvalue weighted by atomic mass is 32.1. The molecule has 0 aromatic carbocycles. The van der Waals surface area contributed by atoms with Crippen LogP contribution in [-0.4, -0.2) is 20.4 Å². The number of amides is 1. The number of hydrogen-bond donors (Lipinski definition) is 1. The third kappa shape index (κ3) is 4.07. The van der Waals surface area contributed by atoms with Crippen LogP contribution in [0.5, 0.6) is 0 Å². The molecule has 0 fully saturated rings. The van der Waals surface area contributed by atoms with Crippen molar-refractivity contribution in [2.24, 2.45) is 5.92 Å². The van der Waals surface area contributed by atoms with Gasteiger partial charge in [-0.15, -0.1) is 11.3 Å². The largest absolute Gasteiger partial charge is 0.346 e. The Morgan fingerprint density at radius 1 is 1.32 bits per heavy atom. The Morgan fingerprint density at radius 2 is 2.16 bits per heavy atom. The maximum absolute atomic E-state index is 12.5. The van der Waals surface area contributed by atoms with Crippen LogP contribution in [0.15, 0.2) is 35.8 Å². The van der Waals surface area contributed by atoms with Crippen molar-refractivity contribution in [1.29, 1.82) is 0 Å². The molecule has 0 aliphatic rings. The average molecular weight is 356 g/mol. The van der Waals surface area contributed by atoms with Gasteiger partial charge in [-0.2, -0.15) is 0 Å². The smallest absolute Gasteiger partial charge is 0.225 e. The first kappa shape index (κ1) is 17.6. The zero-order valence-electron chi connectivity index (χ0n) is 14.9. The molecule has 1 N–H and O–H groups in total. The molecule has 25 heavy (non-hydrogen) atoms. The molecular formula is C19H24N4OS. The Labute approximate surface area is 152 Å². The topological polar surface area (TPSA) is 59.8 Å². The first-order chi connectivity index (χ1) is 12.1. The molecule has 1 amide bonds. The summed E-state index contributed by atoms with van der Waals surface area (Å²) in [6, 6.07) is 7.72. The van der Waals surface area contributed by atoms with Gasteiger partial charge >= 0.3 is 0 Å². The molecule has 0 saturated heterocycles. The average Bonchev–Trinajstić information content (AvgIpc) is 3.20. The lowest BCUT2D eigenvalue weighted by molar-refractivity contribution is -0.121. The van der Waals surface area contributed by atoms with Gasteiger partial charge in [0.1, 0.15) is 11.3 Å². The molecule has 0 bridgehead atoms. The molecule has 132 valence electrons. The minimum absolute atomic E-state index is 0.0377. The predicted octanol–water partition coefficient (Wildman–Crippen LogP) is 3.96. The number of carbonyl (C=O) groups is 1. The Kier molecular flexibility index (Phi) is 5.48. The SMILES string of the molecule is CCn1c(C(CC(C)C)NC(=O)Cc2cccs2)nc2cccnc21. The Morgan fingerprint density at radius 3 is 2.84 bits per heavy atom. The number of nitrogens with zero attached hydrogens (tertiary/aromatic N) is 3. The summed E-state index contributed by atoms with van der Waals surface area (Å²) in [5.41, 5.74) is 1.75. The molecule has 1 unspecified atom stereocenters. The van der Waals surface area contributed by atoms with Crippen molar-refractivity contribution in [1.82, 2.24) is 19.9 Å². The highest BCUT2D eigenvalue weighted by Gasteiger charge is 2.23. The molecule has 0 aliphatic carbocycles. The molecule has 3 aromatic rings. The Bertz CT molecular complexity index is 838. The Hall–Kier alpha value is -2.21. The lowest BCUT2D eigenvalue weighted by atomic mass is 10.0. The van der Waals surface area contributed by atoms with Crippen molar-refractivity contribution in [3.8, 4) is 0 Å². The van der Waals surface area contributed by atoms with Crippen LogP contribution < -0.4 is 5.32 Å². The monoisotopic (exact) mass is 356 g/mol. The minimum atomic E-state index is -0.110. The number of pyridine rings is 1. The van der Waals surface area contributed by atoms with Crippen molar-refractivity contribution < 1.29 is 4.79 Å². The van der Waals surface area contributed by atoms with Crippen LogP contribution in [0.2, 0.25) is 0 Å². The second-order valence-corrected chi connectivity index (χ2v) is 7.60. The number of fused-ring (bicyclic) bond motifs is 1. The summed E-state index contributed by atoms with van der Waals surface area (Å²) < 4.78 is 2.10. The van der Waals surface area contributed by atoms with Crippen LogP contribution in [0.3, 0.4) is 0 Å². The van der Waals surface area contributed by atoms with E-state index in [0.29, 0.717) is 12.3 Å². The fourth-order valence-corrected chi connectivity index (χ4v) is 3.77. The number of imidazole rings is 1. The third-order valence-corrected chi connectivity index (χ3v) is 4.99. The molecule has 0 aliphatic heterocycles. The van der Waals surface area contributed by atoms with Crippen molar-refractivity contribution in [3.63, 3.8) is 0 Å². The quantitative estimate of drug-likeness (QED) is 0.697. The summed E-state index contributed by atoms with van der Waals surface area (Å²) in [6.45, 7) is 7.18. The van der Waals surface area contributed by atoms with E-state index >= 15 is 0 Å². The van der Waals surface area contributed by atoms with Gasteiger partial charge in [-0.25, -0.2) is 9.97 Å². The molecule has 0 radical (unpaired) electrons. The number of aryl methyl sites for hydroxylation is 1. The number of aromatic nitrogens is 3. The molecule has 3 heterocycles. The van der Waals surface area contributed by atoms with Gasteiger partial charge in [0, 0.05) is 17.6 Å². The first-order valence-corrected chi connectivity index (χ1v) is 9.59. The Balaban J connectivity index is 1.89. The van der Waals surface area contributed by atoms with Crippen molar-refractivity contribution in [2.75, 3.05) is 0 Å². The van der Waals surface area contributed by atoms with E-state index in [4.69, 9.17) is 4.98 Å². The standard InChI is InChI=1S/C19H24N4OS/c1-4-23-18-15(8-5-9-20-18)22-19(23)16(11-13(2)3)21-17(24)12-14-7-6-10-25-14/h5-10,13,16H,4,11-12H2,1-3H3,(H,21,24). The highest BCUT2D eigenvalue weighted by molar-refractivity contribution is 7.10. The van der Waals surface area contributed by atoms with Gasteiger partial charge in [0.25, 0.3) is 0 Å². The van der Waals surface area contributed by atoms with Gasteiger partial charge < -0.3 is 9.88 Å². The lowest BCUT2D eigenvalue weighted by Gasteiger charge is -2.21. The van der Waals surface area contributed by atoms with Gasteiger partial charge in [0.05, 0.1) is 12.5 Å². The van der Waals surface area contributed by atoms with Crippen LogP contribution in [-0.2, 0) is 17.8 Å². The number of thiophene rings is 1. The van der Waals surface area contributed by atoms with Crippen LogP contribution in [0.25, 0.3) is 11.2 Å². The van der Waals surface area contributed by atoms with Crippen molar-refractivity contribution in [3.05, 3.63) is 46.5 Å². The fraction of sp³-hybridized carbons (Fsp3) is 0.421. The zero-order chi connectivity index (χ0) is 17.8. The first-order valence-electron chi connectivity index (χ1n) is 8.71. The van der Waals surface area contributed by atoms with Crippen molar-refractivity contribution in [2.45, 2.75) is 46.2 Å². The minimum Gasteiger partial charge on any atom is -0.346 e. The van der Waals surface area contributed by atoms with Crippen LogP contribution in [0.1, 0.15) is 43.9 Å². The van der Waals surface area contributed by atoms with E-state index in [9.17, 15) is 4.79 Å². The van der Waals surface area contributed by atoms with E-state index in [2.05, 4.69) is 35.6 Å². The summed E-state index contributed by atoms with van der Waals surface area (Å²) in [6.07, 6.45) is 3.04. The number of hydrogen-bond acceptors (Lipinski definition) is 4. The van der Waals surface area contributed by atoms with Crippen molar-refractivity contribution >= 4 is 28.4 Å². The normalized spacial score (nSPS) is 12.6. The zero-order valence-corrected chi connectivity index (χ0v) is 15.7. The number of carbonyl (C=O) groups excluding carboxylic acids is 1. The molecule has 5 nitrogen and oxygen atoms in total. The summed E-state index contributed by atoms with van der Waals surface area (Å²) in [7, 11) is 0. The van der Waals surface area contributed by atoms with E-state index in [-0.39, 0.29) is 11.9 Å². The van der Waals surface area contributed by atoms with Gasteiger partial charge in [-0.3, -0.25) is 4.79 Å². The molecule has 3 rings (SSSR count). The molecule has 6 heteroatoms. The summed E-state index contributed by atoms with van der Waals surface area (Å²) in [5, 5.41) is 5.19. The van der Waals surface area contributed by atoms with E-state index in [0.717, 1.165) is 34.8 Å². The third-order valence-electron chi connectivity index (χ3n) is 4.12. The maximum Gasteiger partial charge on any atom is 0.225 e. The molecule has 0 spiro atoms. The molecule has 3 aromatic heterocycles. The summed E-state index contributed by atoms with van der Waals surface area (Å²) in [4.78, 5) is 22.8.